The zero-order chi connectivity index (χ0) is 17.3. The number of rotatable bonds is 3. The molecule has 0 heterocycles. The second-order valence-corrected chi connectivity index (χ2v) is 5.95. The molecule has 0 saturated carbocycles. The number of ether oxygens (including phenoxy) is 1. The van der Waals surface area contributed by atoms with Crippen LogP contribution in [0.5, 0.6) is 0 Å². The summed E-state index contributed by atoms with van der Waals surface area (Å²) < 4.78 is 18.2. The minimum Gasteiger partial charge on any atom is -0.465 e. The maximum Gasteiger partial charge on any atom is 0.337 e. The molecule has 0 unspecified atom stereocenters. The number of fused-ring (bicyclic) bond motifs is 1. The number of esters is 1. The van der Waals surface area contributed by atoms with E-state index in [2.05, 4.69) is 5.32 Å². The molecule has 0 radical (unpaired) electrons. The zero-order valence-electron chi connectivity index (χ0n) is 12.9. The van der Waals surface area contributed by atoms with Crippen molar-refractivity contribution in [2.45, 2.75) is 18.9 Å². The van der Waals surface area contributed by atoms with Crippen LogP contribution in [-0.4, -0.2) is 19.0 Å². The van der Waals surface area contributed by atoms with Gasteiger partial charge in [-0.2, -0.15) is 0 Å². The molecule has 0 bridgehead atoms. The number of methoxy groups -OCH3 is 1. The Labute approximate surface area is 143 Å². The molecular weight excluding hydrogens is 333 g/mol. The van der Waals surface area contributed by atoms with Crippen molar-refractivity contribution in [3.05, 3.63) is 69.5 Å². The Kier molecular flexibility index (Phi) is 4.53. The van der Waals surface area contributed by atoms with Crippen LogP contribution in [0, 0.1) is 5.82 Å². The highest BCUT2D eigenvalue weighted by atomic mass is 35.5. The fourth-order valence-corrected chi connectivity index (χ4v) is 3.12. The van der Waals surface area contributed by atoms with Crippen molar-refractivity contribution >= 4 is 23.5 Å². The van der Waals surface area contributed by atoms with E-state index in [-0.39, 0.29) is 16.6 Å². The molecule has 1 N–H and O–H groups in total. The molecule has 4 nitrogen and oxygen atoms in total. The van der Waals surface area contributed by atoms with Gasteiger partial charge in [-0.1, -0.05) is 23.7 Å². The molecule has 0 saturated heterocycles. The van der Waals surface area contributed by atoms with Crippen LogP contribution >= 0.6 is 11.6 Å². The summed E-state index contributed by atoms with van der Waals surface area (Å²) in [5, 5.41) is 2.66. The van der Waals surface area contributed by atoms with Crippen LogP contribution < -0.4 is 5.32 Å². The molecule has 0 aromatic heterocycles. The van der Waals surface area contributed by atoms with Gasteiger partial charge in [0.15, 0.2) is 0 Å². The minimum absolute atomic E-state index is 0.0919. The van der Waals surface area contributed by atoms with Gasteiger partial charge < -0.3 is 10.1 Å². The summed E-state index contributed by atoms with van der Waals surface area (Å²) in [6.45, 7) is 0. The topological polar surface area (TPSA) is 55.4 Å². The molecule has 2 aromatic rings. The van der Waals surface area contributed by atoms with Gasteiger partial charge in [0, 0.05) is 0 Å². The van der Waals surface area contributed by atoms with Gasteiger partial charge in [-0.15, -0.1) is 0 Å². The molecule has 3 rings (SSSR count). The molecule has 124 valence electrons. The predicted molar refractivity (Wildman–Crippen MR) is 87.7 cm³/mol. The van der Waals surface area contributed by atoms with E-state index in [0.717, 1.165) is 17.5 Å². The van der Waals surface area contributed by atoms with Gasteiger partial charge in [0.05, 0.1) is 29.3 Å². The first-order chi connectivity index (χ1) is 11.5. The van der Waals surface area contributed by atoms with Gasteiger partial charge in [0.25, 0.3) is 5.91 Å². The Morgan fingerprint density at radius 3 is 2.83 bits per heavy atom. The van der Waals surface area contributed by atoms with E-state index in [1.54, 1.807) is 12.1 Å². The van der Waals surface area contributed by atoms with Crippen molar-refractivity contribution in [1.82, 2.24) is 5.32 Å². The van der Waals surface area contributed by atoms with Gasteiger partial charge in [-0.05, 0) is 48.2 Å². The number of benzene rings is 2. The van der Waals surface area contributed by atoms with Crippen molar-refractivity contribution in [1.29, 1.82) is 0 Å². The average molecular weight is 348 g/mol. The maximum absolute atomic E-state index is 13.5. The van der Waals surface area contributed by atoms with Gasteiger partial charge in [0.1, 0.15) is 5.82 Å². The van der Waals surface area contributed by atoms with Crippen LogP contribution in [0.3, 0.4) is 0 Å². The molecule has 0 fully saturated rings. The number of amides is 1. The normalized spacial score (nSPS) is 15.7. The number of halogens is 2. The lowest BCUT2D eigenvalue weighted by Crippen LogP contribution is -2.27. The first-order valence-electron chi connectivity index (χ1n) is 7.47. The number of nitrogens with one attached hydrogen (secondary N) is 1. The van der Waals surface area contributed by atoms with E-state index in [0.29, 0.717) is 12.0 Å². The Balaban J connectivity index is 1.85. The molecule has 1 aliphatic rings. The highest BCUT2D eigenvalue weighted by Gasteiger charge is 2.26. The largest absolute Gasteiger partial charge is 0.465 e. The van der Waals surface area contributed by atoms with Crippen LogP contribution in [-0.2, 0) is 11.2 Å². The van der Waals surface area contributed by atoms with Crippen LogP contribution in [0.15, 0.2) is 36.4 Å². The average Bonchev–Trinajstić information content (AvgIpc) is 2.98. The standard InChI is InChI=1S/C18H15ClFNO3/c1-24-18(23)11-6-5-10-7-8-15(13(10)9-11)21-17(22)12-3-2-4-14(20)16(12)19/h2-6,9,15H,7-8H2,1H3,(H,21,22)/t15-/m1/s1. The molecular formula is C18H15ClFNO3. The summed E-state index contributed by atoms with van der Waals surface area (Å²) >= 11 is 5.86. The van der Waals surface area contributed by atoms with Crippen LogP contribution in [0.1, 0.15) is 44.3 Å². The van der Waals surface area contributed by atoms with E-state index in [9.17, 15) is 14.0 Å². The summed E-state index contributed by atoms with van der Waals surface area (Å²) in [4.78, 5) is 24.1. The molecule has 1 amide bonds. The SMILES string of the molecule is COC(=O)c1ccc2c(c1)[C@H](NC(=O)c1cccc(F)c1Cl)CC2. The summed E-state index contributed by atoms with van der Waals surface area (Å²) in [7, 11) is 1.32. The summed E-state index contributed by atoms with van der Waals surface area (Å²) in [6.07, 6.45) is 1.50. The smallest absolute Gasteiger partial charge is 0.337 e. The van der Waals surface area contributed by atoms with Crippen molar-refractivity contribution in [2.75, 3.05) is 7.11 Å². The van der Waals surface area contributed by atoms with Crippen LogP contribution in [0.25, 0.3) is 0 Å². The zero-order valence-corrected chi connectivity index (χ0v) is 13.7. The van der Waals surface area contributed by atoms with Crippen molar-refractivity contribution in [3.8, 4) is 0 Å². The Morgan fingerprint density at radius 2 is 2.08 bits per heavy atom. The van der Waals surface area contributed by atoms with Crippen LogP contribution in [0.4, 0.5) is 4.39 Å². The number of carbonyl (C=O) groups excluding carboxylic acids is 2. The second-order valence-electron chi connectivity index (χ2n) is 5.57. The third kappa shape index (κ3) is 2.99. The van der Waals surface area contributed by atoms with E-state index >= 15 is 0 Å². The summed E-state index contributed by atoms with van der Waals surface area (Å²) in [5.41, 5.74) is 2.47. The van der Waals surface area contributed by atoms with E-state index in [4.69, 9.17) is 16.3 Å². The first-order valence-corrected chi connectivity index (χ1v) is 7.85. The molecule has 6 heteroatoms. The number of hydrogen-bond acceptors (Lipinski definition) is 3. The van der Waals surface area contributed by atoms with Gasteiger partial charge in [-0.3, -0.25) is 4.79 Å². The van der Waals surface area contributed by atoms with Crippen molar-refractivity contribution < 1.29 is 18.7 Å². The highest BCUT2D eigenvalue weighted by Crippen LogP contribution is 2.32. The Bertz CT molecular complexity index is 822. The quantitative estimate of drug-likeness (QED) is 0.862. The maximum atomic E-state index is 13.5. The lowest BCUT2D eigenvalue weighted by molar-refractivity contribution is 0.0600. The Hall–Kier alpha value is -2.40. The highest BCUT2D eigenvalue weighted by molar-refractivity contribution is 6.34. The van der Waals surface area contributed by atoms with E-state index in [1.165, 1.54) is 25.3 Å². The first kappa shape index (κ1) is 16.5. The summed E-state index contributed by atoms with van der Waals surface area (Å²) in [6, 6.07) is 9.16. The van der Waals surface area contributed by atoms with E-state index < -0.39 is 17.7 Å². The third-order valence-electron chi connectivity index (χ3n) is 4.15. The van der Waals surface area contributed by atoms with E-state index in [1.807, 2.05) is 6.07 Å². The monoisotopic (exact) mass is 347 g/mol. The van der Waals surface area contributed by atoms with Crippen molar-refractivity contribution in [3.63, 3.8) is 0 Å². The third-order valence-corrected chi connectivity index (χ3v) is 4.53. The van der Waals surface area contributed by atoms with Crippen molar-refractivity contribution in [2.24, 2.45) is 0 Å². The number of hydrogen-bond donors (Lipinski definition) is 1. The molecule has 1 aliphatic carbocycles. The second kappa shape index (κ2) is 6.61. The Morgan fingerprint density at radius 1 is 1.29 bits per heavy atom. The lowest BCUT2D eigenvalue weighted by atomic mass is 10.0. The minimum atomic E-state index is -0.635. The molecule has 0 spiro atoms. The predicted octanol–water partition coefficient (Wildman–Crippen LogP) is 3.68. The fourth-order valence-electron chi connectivity index (χ4n) is 2.91. The molecule has 2 aromatic carbocycles. The van der Waals surface area contributed by atoms with Gasteiger partial charge in [-0.25, -0.2) is 9.18 Å². The van der Waals surface area contributed by atoms with Crippen LogP contribution in [0.2, 0.25) is 5.02 Å². The van der Waals surface area contributed by atoms with Gasteiger partial charge in [0.2, 0.25) is 0 Å². The molecule has 0 aliphatic heterocycles. The number of carbonyl (C=O) groups is 2. The lowest BCUT2D eigenvalue weighted by Gasteiger charge is -2.15. The molecule has 1 atom stereocenters. The fraction of sp³-hybridized carbons (Fsp3) is 0.222. The summed E-state index contributed by atoms with van der Waals surface area (Å²) in [5.74, 6) is -1.51. The molecule has 24 heavy (non-hydrogen) atoms. The van der Waals surface area contributed by atoms with Gasteiger partial charge >= 0.3 is 5.97 Å². The number of aryl methyl sites for hydroxylation is 1.